The van der Waals surface area contributed by atoms with E-state index < -0.39 is 8.32 Å². The van der Waals surface area contributed by atoms with Crippen LogP contribution in [0.25, 0.3) is 0 Å². The Morgan fingerprint density at radius 1 is 0.750 bits per heavy atom. The number of carbonyl (C=O) groups excluding carboxylic acids is 1. The van der Waals surface area contributed by atoms with Gasteiger partial charge in [0.25, 0.3) is 8.32 Å². The predicted octanol–water partition coefficient (Wildman–Crippen LogP) is 7.21. The third-order valence-corrected chi connectivity index (χ3v) is 14.1. The van der Waals surface area contributed by atoms with Crippen molar-refractivity contribution in [2.24, 2.45) is 0 Å². The molecule has 40 heavy (non-hydrogen) atoms. The second-order valence-electron chi connectivity index (χ2n) is 11.4. The molecule has 0 spiro atoms. The van der Waals surface area contributed by atoms with Crippen molar-refractivity contribution in [2.45, 2.75) is 60.8 Å². The number of ether oxygens (including phenoxy) is 1. The third-order valence-electron chi connectivity index (χ3n) is 7.79. The Labute approximate surface area is 244 Å². The summed E-state index contributed by atoms with van der Waals surface area (Å²) in [6.45, 7) is 7.51. The summed E-state index contributed by atoms with van der Waals surface area (Å²) >= 11 is 1.61. The summed E-state index contributed by atoms with van der Waals surface area (Å²) in [5.41, 5.74) is 1.15. The molecule has 1 aliphatic rings. The third kappa shape index (κ3) is 5.97. The molecular weight excluding hydrogens is 529 g/mol. The molecule has 3 atom stereocenters. The smallest absolute Gasteiger partial charge is 0.320 e. The van der Waals surface area contributed by atoms with Crippen LogP contribution in [0.1, 0.15) is 45.1 Å². The molecule has 1 fully saturated rings. The van der Waals surface area contributed by atoms with E-state index >= 15 is 0 Å². The molecule has 1 heterocycles. The fourth-order valence-electron chi connectivity index (χ4n) is 5.97. The van der Waals surface area contributed by atoms with Crippen molar-refractivity contribution >= 4 is 36.4 Å². The molecule has 0 aliphatic carbocycles. The lowest BCUT2D eigenvalue weighted by molar-refractivity contribution is -0.141. The van der Waals surface area contributed by atoms with E-state index in [2.05, 4.69) is 106 Å². The molecule has 0 aromatic heterocycles. The maximum atomic E-state index is 13.2. The largest absolute Gasteiger partial charge is 0.461 e. The Morgan fingerprint density at radius 3 is 1.77 bits per heavy atom. The second-order valence-corrected chi connectivity index (χ2v) is 16.9. The highest BCUT2D eigenvalue weighted by Crippen LogP contribution is 2.44. The molecular formula is C35H38O3SSi. The lowest BCUT2D eigenvalue weighted by Crippen LogP contribution is -2.66. The molecule has 5 heteroatoms. The van der Waals surface area contributed by atoms with Crippen molar-refractivity contribution in [3.63, 3.8) is 0 Å². The summed E-state index contributed by atoms with van der Waals surface area (Å²) in [5, 5.41) is 2.22. The highest BCUT2D eigenvalue weighted by molar-refractivity contribution is 8.00. The number of benzene rings is 4. The monoisotopic (exact) mass is 566 g/mol. The van der Waals surface area contributed by atoms with Gasteiger partial charge in [-0.1, -0.05) is 130 Å². The fourth-order valence-corrected chi connectivity index (χ4v) is 11.8. The van der Waals surface area contributed by atoms with Gasteiger partial charge in [0.1, 0.15) is 11.4 Å². The van der Waals surface area contributed by atoms with Gasteiger partial charge in [-0.2, -0.15) is 0 Å². The molecule has 0 N–H and O–H groups in total. The number of carbonyl (C=O) groups is 1. The molecule has 3 nitrogen and oxygen atoms in total. The molecule has 1 saturated heterocycles. The topological polar surface area (TPSA) is 35.5 Å². The number of rotatable bonds is 10. The SMILES string of the molecule is CC(C)(C)[Si](OCCCC1OC(=O)C(Sc2ccccc2)C1c1ccccc1)(c1ccccc1)c1ccccc1. The Bertz CT molecular complexity index is 1320. The van der Waals surface area contributed by atoms with Crippen molar-refractivity contribution in [2.75, 3.05) is 6.61 Å². The van der Waals surface area contributed by atoms with Gasteiger partial charge in [-0.3, -0.25) is 4.79 Å². The first kappa shape index (κ1) is 28.4. The van der Waals surface area contributed by atoms with Gasteiger partial charge < -0.3 is 9.16 Å². The molecule has 5 rings (SSSR count). The van der Waals surface area contributed by atoms with Crippen LogP contribution in [0.5, 0.6) is 0 Å². The van der Waals surface area contributed by atoms with Crippen LogP contribution in [0.2, 0.25) is 5.04 Å². The van der Waals surface area contributed by atoms with Gasteiger partial charge in [0.2, 0.25) is 0 Å². The maximum Gasteiger partial charge on any atom is 0.320 e. The summed E-state index contributed by atoms with van der Waals surface area (Å²) in [6, 6.07) is 42.0. The Hall–Kier alpha value is -3.12. The zero-order valence-electron chi connectivity index (χ0n) is 23.5. The van der Waals surface area contributed by atoms with E-state index in [0.29, 0.717) is 6.61 Å². The van der Waals surface area contributed by atoms with Crippen LogP contribution in [0, 0.1) is 0 Å². The van der Waals surface area contributed by atoms with E-state index in [1.807, 2.05) is 36.4 Å². The van der Waals surface area contributed by atoms with Gasteiger partial charge in [-0.15, -0.1) is 11.8 Å². The van der Waals surface area contributed by atoms with E-state index in [9.17, 15) is 4.79 Å². The highest BCUT2D eigenvalue weighted by Gasteiger charge is 2.50. The summed E-state index contributed by atoms with van der Waals surface area (Å²) < 4.78 is 13.2. The minimum Gasteiger partial charge on any atom is -0.461 e. The average Bonchev–Trinajstić information content (AvgIpc) is 3.28. The summed E-state index contributed by atoms with van der Waals surface area (Å²) in [4.78, 5) is 14.3. The minimum atomic E-state index is -2.60. The fraction of sp³-hybridized carbons (Fsp3) is 0.286. The summed E-state index contributed by atoms with van der Waals surface area (Å²) in [6.07, 6.45) is 1.39. The zero-order chi connectivity index (χ0) is 28.0. The van der Waals surface area contributed by atoms with Crippen LogP contribution in [0.3, 0.4) is 0 Å². The second kappa shape index (κ2) is 12.6. The lowest BCUT2D eigenvalue weighted by atomic mass is 9.90. The average molecular weight is 567 g/mol. The van der Waals surface area contributed by atoms with Crippen molar-refractivity contribution in [1.82, 2.24) is 0 Å². The van der Waals surface area contributed by atoms with Gasteiger partial charge in [0, 0.05) is 17.4 Å². The van der Waals surface area contributed by atoms with Crippen LogP contribution in [0.4, 0.5) is 0 Å². The number of hydrogen-bond acceptors (Lipinski definition) is 4. The molecule has 4 aromatic carbocycles. The van der Waals surface area contributed by atoms with E-state index in [4.69, 9.17) is 9.16 Å². The normalized spacial score (nSPS) is 19.4. The van der Waals surface area contributed by atoms with Gasteiger partial charge in [-0.25, -0.2) is 0 Å². The van der Waals surface area contributed by atoms with Gasteiger partial charge >= 0.3 is 5.97 Å². The maximum absolute atomic E-state index is 13.2. The highest BCUT2D eigenvalue weighted by atomic mass is 32.2. The molecule has 206 valence electrons. The van der Waals surface area contributed by atoms with Crippen molar-refractivity contribution in [3.05, 3.63) is 127 Å². The summed E-state index contributed by atoms with van der Waals surface area (Å²) in [7, 11) is -2.60. The van der Waals surface area contributed by atoms with Gasteiger partial charge in [0.15, 0.2) is 0 Å². The number of cyclic esters (lactones) is 1. The van der Waals surface area contributed by atoms with E-state index in [1.54, 1.807) is 11.8 Å². The molecule has 0 amide bonds. The predicted molar refractivity (Wildman–Crippen MR) is 168 cm³/mol. The van der Waals surface area contributed by atoms with Gasteiger partial charge in [0.05, 0.1) is 0 Å². The molecule has 0 radical (unpaired) electrons. The van der Waals surface area contributed by atoms with Crippen LogP contribution >= 0.6 is 11.8 Å². The Kier molecular flexibility index (Phi) is 8.94. The Balaban J connectivity index is 1.36. The lowest BCUT2D eigenvalue weighted by Gasteiger charge is -2.43. The number of hydrogen-bond donors (Lipinski definition) is 0. The van der Waals surface area contributed by atoms with Crippen molar-refractivity contribution < 1.29 is 14.0 Å². The molecule has 0 bridgehead atoms. The van der Waals surface area contributed by atoms with E-state index in [0.717, 1.165) is 23.3 Å². The van der Waals surface area contributed by atoms with E-state index in [-0.39, 0.29) is 28.3 Å². The first-order chi connectivity index (χ1) is 19.4. The van der Waals surface area contributed by atoms with Crippen LogP contribution in [0.15, 0.2) is 126 Å². The zero-order valence-corrected chi connectivity index (χ0v) is 25.3. The van der Waals surface area contributed by atoms with Crippen LogP contribution in [-0.4, -0.2) is 32.2 Å². The van der Waals surface area contributed by atoms with E-state index in [1.165, 1.54) is 10.4 Å². The first-order valence-corrected chi connectivity index (χ1v) is 16.9. The first-order valence-electron chi connectivity index (χ1n) is 14.1. The Morgan fingerprint density at radius 2 is 1.25 bits per heavy atom. The van der Waals surface area contributed by atoms with Crippen LogP contribution < -0.4 is 10.4 Å². The molecule has 4 aromatic rings. The summed E-state index contributed by atoms with van der Waals surface area (Å²) in [5.74, 6) is -0.132. The number of thioether (sulfide) groups is 1. The number of esters is 1. The molecule has 3 unspecified atom stereocenters. The molecule has 0 saturated carbocycles. The van der Waals surface area contributed by atoms with Crippen LogP contribution in [-0.2, 0) is 14.0 Å². The molecule has 1 aliphatic heterocycles. The van der Waals surface area contributed by atoms with Gasteiger partial charge in [-0.05, 0) is 45.9 Å². The van der Waals surface area contributed by atoms with Crippen molar-refractivity contribution in [3.8, 4) is 0 Å². The standard InChI is InChI=1S/C35H38O3SSi/c1-35(2,3)40(29-21-12-6-13-22-29,30-23-14-7-15-24-30)37-26-16-25-31-32(27-17-8-4-9-18-27)33(34(36)38-31)39-28-19-10-5-11-20-28/h4-15,17-24,31-33H,16,25-26H2,1-3H3. The minimum absolute atomic E-state index is 0.00762. The van der Waals surface area contributed by atoms with Crippen molar-refractivity contribution in [1.29, 1.82) is 0 Å². The quantitative estimate of drug-likeness (QED) is 0.115.